The quantitative estimate of drug-likeness (QED) is 0.0298. The van der Waals surface area contributed by atoms with Crippen LogP contribution in [0.15, 0.2) is 30.3 Å². The largest absolute Gasteiger partial charge is 0.480 e. The Kier molecular flexibility index (Phi) is 39.1. The minimum Gasteiger partial charge on any atom is -0.480 e. The maximum absolute atomic E-state index is 14.6. The average Bonchev–Trinajstić information content (AvgIpc) is 1.75. The lowest BCUT2D eigenvalue weighted by Crippen LogP contribution is -2.63. The van der Waals surface area contributed by atoms with E-state index in [1.807, 2.05) is 0 Å². The molecule has 1 aromatic rings. The highest BCUT2D eigenvalue weighted by molar-refractivity contribution is 6.01. The molecule has 16 amide bonds. The zero-order chi connectivity index (χ0) is 87.4. The third kappa shape index (κ3) is 29.0. The van der Waals surface area contributed by atoms with Crippen molar-refractivity contribution in [1.29, 1.82) is 0 Å². The topological polar surface area (TPSA) is 563 Å². The smallest absolute Gasteiger partial charge is 0.326 e. The van der Waals surface area contributed by atoms with Gasteiger partial charge in [0.2, 0.25) is 94.5 Å². The first-order chi connectivity index (χ1) is 55.1. The van der Waals surface area contributed by atoms with Gasteiger partial charge < -0.3 is 110 Å². The third-order valence-corrected chi connectivity index (χ3v) is 21.4. The Balaban J connectivity index is 1.20. The number of carboxylic acid groups (broad SMARTS) is 1. The molecule has 0 radical (unpaired) electrons. The van der Waals surface area contributed by atoms with Gasteiger partial charge in [-0.2, -0.15) is 0 Å². The van der Waals surface area contributed by atoms with Crippen LogP contribution >= 0.6 is 0 Å². The molecule has 0 aliphatic carbocycles. The molecule has 17 atom stereocenters. The van der Waals surface area contributed by atoms with Crippen LogP contribution in [0.25, 0.3) is 0 Å². The lowest BCUT2D eigenvalue weighted by atomic mass is 9.96. The van der Waals surface area contributed by atoms with E-state index < -0.39 is 229 Å². The molecule has 4 saturated heterocycles. The van der Waals surface area contributed by atoms with Gasteiger partial charge in [-0.25, -0.2) is 4.79 Å². The molecule has 38 nitrogen and oxygen atoms in total. The summed E-state index contributed by atoms with van der Waals surface area (Å²) in [6, 6.07) is -11.3. The summed E-state index contributed by atoms with van der Waals surface area (Å²) in [6.45, 7) is 20.0. The molecule has 654 valence electrons. The van der Waals surface area contributed by atoms with Gasteiger partial charge in [0.15, 0.2) is 0 Å². The zero-order valence-corrected chi connectivity index (χ0v) is 69.6. The summed E-state index contributed by atoms with van der Waals surface area (Å²) in [6.07, 6.45) is 0.779. The van der Waals surface area contributed by atoms with Gasteiger partial charge in [0, 0.05) is 32.5 Å². The van der Waals surface area contributed by atoms with Crippen molar-refractivity contribution in [2.24, 2.45) is 41.2 Å². The van der Waals surface area contributed by atoms with Crippen LogP contribution in [0.5, 0.6) is 0 Å². The van der Waals surface area contributed by atoms with Crippen molar-refractivity contribution in [3.63, 3.8) is 0 Å². The number of primary amides is 1. The van der Waals surface area contributed by atoms with Gasteiger partial charge in [0.25, 0.3) is 0 Å². The van der Waals surface area contributed by atoms with Gasteiger partial charge >= 0.3 is 5.97 Å². The highest BCUT2D eigenvalue weighted by Crippen LogP contribution is 2.25. The van der Waals surface area contributed by atoms with E-state index in [0.717, 1.165) is 6.42 Å². The fraction of sp³-hybridized carbons (Fsp3) is 0.709. The monoisotopic (exact) mass is 1650 g/mol. The molecule has 0 aromatic heterocycles. The lowest BCUT2D eigenvalue weighted by Gasteiger charge is -2.32. The van der Waals surface area contributed by atoms with Crippen LogP contribution in [-0.2, 0) is 87.9 Å². The second kappa shape index (κ2) is 46.9. The van der Waals surface area contributed by atoms with E-state index >= 15 is 0 Å². The van der Waals surface area contributed by atoms with Crippen molar-refractivity contribution in [3.05, 3.63) is 35.9 Å². The minimum atomic E-state index is -1.81. The van der Waals surface area contributed by atoms with Crippen LogP contribution in [0.2, 0.25) is 0 Å². The summed E-state index contributed by atoms with van der Waals surface area (Å²) in [5.41, 5.74) is 5.75. The van der Waals surface area contributed by atoms with Crippen molar-refractivity contribution in [2.45, 2.75) is 277 Å². The molecular formula is C79H127N17O21. The number of rotatable bonds is 45. The summed E-state index contributed by atoms with van der Waals surface area (Å²) in [5, 5.41) is 75.9. The number of nitrogens with one attached hydrogen (secondary N) is 13. The molecule has 0 unspecified atom stereocenters. The second-order valence-electron chi connectivity index (χ2n) is 32.8. The molecule has 117 heavy (non-hydrogen) atoms. The highest BCUT2D eigenvalue weighted by Gasteiger charge is 2.45. The van der Waals surface area contributed by atoms with Crippen molar-refractivity contribution >= 4 is 100 Å². The van der Waals surface area contributed by atoms with Crippen LogP contribution in [0.1, 0.15) is 179 Å². The third-order valence-electron chi connectivity index (χ3n) is 21.4. The standard InChI is InChI=1S/C79H127N17O21/c1-14-45(12)63(75(112)84-50(34-40(2)3)66(103)87-54(39-98)68(105)88-53(38-97)67(104)85-52(36-47-22-16-15-17-23-47)78(115)96-33-21-27-57(96)70(107)83-49(79(116)117)28-29-58(80)100)92-71(108)56-26-19-31-94(56)59(101)37-82-69(106)55-25-20-32-95(55)77(114)51(35-41(4)5)86-76(113)64(46(13)99)93-74(111)62(44(10)11)91-73(110)61(43(8)9)90-72(109)60(42(6)7)89-65(102)48-24-18-30-81-48/h15-17,22-23,40-46,48-57,60-64,81,97-99H,14,18-21,24-39H2,1-13H3,(H2,80,100)(H,82,106)(H,83,107)(H,84,112)(H,85,104)(H,86,113)(H,87,103)(H,88,105)(H,89,102)(H,90,109)(H,91,110)(H,92,108)(H,93,111)(H,116,117)/t45-,46+,48-,49-,50-,51-,52-,53-,54-,55-,56-,57-,60-,61-,62-,63-,64-/m0/s1. The first-order valence-corrected chi connectivity index (χ1v) is 40.8. The Morgan fingerprint density at radius 1 is 0.453 bits per heavy atom. The summed E-state index contributed by atoms with van der Waals surface area (Å²) in [4.78, 5) is 238. The zero-order valence-electron chi connectivity index (χ0n) is 69.6. The molecule has 4 aliphatic rings. The number of carboxylic acids is 1. The van der Waals surface area contributed by atoms with E-state index in [0.29, 0.717) is 44.2 Å². The number of benzene rings is 1. The highest BCUT2D eigenvalue weighted by atomic mass is 16.4. The first kappa shape index (κ1) is 97.6. The van der Waals surface area contributed by atoms with Gasteiger partial charge in [0.05, 0.1) is 31.9 Å². The van der Waals surface area contributed by atoms with E-state index in [1.54, 1.807) is 113 Å². The number of carbonyl (C=O) groups excluding carboxylic acids is 16. The van der Waals surface area contributed by atoms with Crippen molar-refractivity contribution in [1.82, 2.24) is 83.8 Å². The van der Waals surface area contributed by atoms with Crippen LogP contribution in [0, 0.1) is 35.5 Å². The lowest BCUT2D eigenvalue weighted by molar-refractivity contribution is -0.145. The Labute approximate surface area is 683 Å². The van der Waals surface area contributed by atoms with Crippen molar-refractivity contribution < 1.29 is 102 Å². The molecule has 1 aromatic carbocycles. The average molecular weight is 1650 g/mol. The van der Waals surface area contributed by atoms with Gasteiger partial charge in [-0.1, -0.05) is 120 Å². The molecule has 4 heterocycles. The number of aliphatic hydroxyl groups is 3. The van der Waals surface area contributed by atoms with E-state index in [2.05, 4.69) is 69.1 Å². The molecule has 0 saturated carbocycles. The van der Waals surface area contributed by atoms with E-state index in [1.165, 1.54) is 21.6 Å². The van der Waals surface area contributed by atoms with E-state index in [4.69, 9.17) is 5.73 Å². The van der Waals surface area contributed by atoms with Gasteiger partial charge in [-0.05, 0) is 125 Å². The maximum atomic E-state index is 14.6. The second-order valence-corrected chi connectivity index (χ2v) is 32.8. The minimum absolute atomic E-state index is 0.0200. The number of carbonyl (C=O) groups is 17. The molecule has 0 bridgehead atoms. The molecule has 38 heteroatoms. The van der Waals surface area contributed by atoms with Crippen LogP contribution in [-0.4, -0.2) is 278 Å². The SMILES string of the molecule is CC[C@H](C)[C@H](NC(=O)[C@@H]1CCCN1C(=O)CNC(=O)[C@@H]1CCCN1C(=O)[C@H](CC(C)C)NC(=O)[C@@H](NC(=O)[C@@H](NC(=O)[C@@H](NC(=O)[C@@H](NC(=O)[C@@H]1CCCN1)C(C)C)C(C)C)C(C)C)[C@@H](C)O)C(=O)N[C@@H](CC(C)C)C(=O)N[C@@H](CO)C(=O)N[C@@H](CO)C(=O)N[C@@H](Cc1ccccc1)C(=O)N1CCC[C@H]1C(=O)N[C@@H](CCC(N)=O)C(=O)O. The molecule has 4 aliphatic heterocycles. The number of hydrogen-bond acceptors (Lipinski definition) is 21. The normalized spacial score (nSPS) is 20.0. The summed E-state index contributed by atoms with van der Waals surface area (Å²) >= 11 is 0. The number of nitrogens with two attached hydrogens (primary N) is 1. The molecular weight excluding hydrogens is 1520 g/mol. The van der Waals surface area contributed by atoms with Gasteiger partial charge in [-0.3, -0.25) is 76.7 Å². The van der Waals surface area contributed by atoms with Crippen molar-refractivity contribution in [2.75, 3.05) is 45.9 Å². The van der Waals surface area contributed by atoms with E-state index in [-0.39, 0.29) is 94.7 Å². The fourth-order valence-corrected chi connectivity index (χ4v) is 14.6. The number of amides is 16. The Hall–Kier alpha value is -9.95. The van der Waals surface area contributed by atoms with Crippen LogP contribution < -0.4 is 74.9 Å². The summed E-state index contributed by atoms with van der Waals surface area (Å²) in [7, 11) is 0. The van der Waals surface area contributed by atoms with Crippen LogP contribution in [0.3, 0.4) is 0 Å². The molecule has 5 rings (SSSR count). The van der Waals surface area contributed by atoms with E-state index in [9.17, 15) is 102 Å². The predicted octanol–water partition coefficient (Wildman–Crippen LogP) is -3.78. The Morgan fingerprint density at radius 3 is 1.32 bits per heavy atom. The predicted molar refractivity (Wildman–Crippen MR) is 424 cm³/mol. The van der Waals surface area contributed by atoms with Gasteiger partial charge in [-0.15, -0.1) is 0 Å². The van der Waals surface area contributed by atoms with Crippen molar-refractivity contribution in [3.8, 4) is 0 Å². The molecule has 4 fully saturated rings. The molecule has 19 N–H and O–H groups in total. The number of aliphatic hydroxyl groups excluding tert-OH is 3. The van der Waals surface area contributed by atoms with Gasteiger partial charge in [0.1, 0.15) is 84.6 Å². The molecule has 0 spiro atoms. The number of hydrogen-bond donors (Lipinski definition) is 18. The number of likely N-dealkylation sites (tertiary alicyclic amines) is 3. The number of nitrogens with zero attached hydrogens (tertiary/aromatic N) is 3. The summed E-state index contributed by atoms with van der Waals surface area (Å²) < 4.78 is 0. The Bertz CT molecular complexity index is 3630. The maximum Gasteiger partial charge on any atom is 0.326 e. The van der Waals surface area contributed by atoms with Crippen LogP contribution in [0.4, 0.5) is 0 Å². The number of aliphatic carboxylic acids is 1. The fourth-order valence-electron chi connectivity index (χ4n) is 14.6. The first-order valence-electron chi connectivity index (χ1n) is 40.8. The summed E-state index contributed by atoms with van der Waals surface area (Å²) in [5.74, 6) is -16.8. The Morgan fingerprint density at radius 2 is 0.863 bits per heavy atom.